The molecule has 2 saturated carbocycles. The van der Waals surface area contributed by atoms with E-state index in [0.717, 1.165) is 68.7 Å². The number of aliphatic hydroxyl groups is 1. The molecule has 180 valence electrons. The number of hydrogen-bond donors (Lipinski definition) is 2. The number of benzene rings is 2. The summed E-state index contributed by atoms with van der Waals surface area (Å²) in [6, 6.07) is 20.9. The Morgan fingerprint density at radius 2 is 1.67 bits per heavy atom. The van der Waals surface area contributed by atoms with Crippen LogP contribution in [-0.2, 0) is 5.54 Å². The highest BCUT2D eigenvalue weighted by atomic mass is 16.3. The van der Waals surface area contributed by atoms with E-state index >= 15 is 0 Å². The van der Waals surface area contributed by atoms with Crippen LogP contribution in [0.5, 0.6) is 0 Å². The van der Waals surface area contributed by atoms with Crippen molar-refractivity contribution in [2.45, 2.75) is 50.7 Å². The van der Waals surface area contributed by atoms with Gasteiger partial charge in [0.1, 0.15) is 0 Å². The van der Waals surface area contributed by atoms with Crippen LogP contribution in [-0.4, -0.2) is 30.3 Å². The number of aromatic nitrogens is 4. The van der Waals surface area contributed by atoms with Crippen LogP contribution in [0.4, 0.5) is 0 Å². The van der Waals surface area contributed by atoms with E-state index in [0.29, 0.717) is 18.8 Å². The molecule has 0 aliphatic heterocycles. The van der Waals surface area contributed by atoms with Gasteiger partial charge in [-0.15, -0.1) is 0 Å². The molecule has 2 fully saturated rings. The van der Waals surface area contributed by atoms with E-state index < -0.39 is 11.1 Å². The third kappa shape index (κ3) is 3.21. The Labute approximate surface area is 209 Å². The van der Waals surface area contributed by atoms with Gasteiger partial charge in [0.05, 0.1) is 17.0 Å². The van der Waals surface area contributed by atoms with Crippen molar-refractivity contribution in [3.05, 3.63) is 83.7 Å². The molecular weight excluding hydrogens is 446 g/mol. The first-order chi connectivity index (χ1) is 17.3. The van der Waals surface area contributed by atoms with Gasteiger partial charge in [0, 0.05) is 33.8 Å². The van der Waals surface area contributed by atoms with Crippen LogP contribution in [0.15, 0.2) is 66.9 Å². The maximum absolute atomic E-state index is 10.8. The van der Waals surface area contributed by atoms with E-state index in [2.05, 4.69) is 47.4 Å². The number of hydrogen-bond acceptors (Lipinski definition) is 5. The predicted octanol–water partition coefficient (Wildman–Crippen LogP) is 5.32. The Hall–Kier alpha value is -3.61. The Morgan fingerprint density at radius 3 is 2.36 bits per heavy atom. The van der Waals surface area contributed by atoms with Crippen molar-refractivity contribution in [2.75, 3.05) is 0 Å². The summed E-state index contributed by atoms with van der Waals surface area (Å²) in [5, 5.41) is 16.5. The van der Waals surface area contributed by atoms with Crippen LogP contribution in [0.3, 0.4) is 0 Å². The van der Waals surface area contributed by atoms with Gasteiger partial charge in [0.15, 0.2) is 11.3 Å². The maximum atomic E-state index is 10.8. The summed E-state index contributed by atoms with van der Waals surface area (Å²) in [6.45, 7) is 4.04. The van der Waals surface area contributed by atoms with Crippen LogP contribution >= 0.6 is 0 Å². The average molecular weight is 476 g/mol. The van der Waals surface area contributed by atoms with E-state index in [1.165, 1.54) is 0 Å². The van der Waals surface area contributed by atoms with E-state index in [1.807, 2.05) is 42.8 Å². The monoisotopic (exact) mass is 475 g/mol. The quantitative estimate of drug-likeness (QED) is 0.367. The minimum atomic E-state index is -0.576. The first-order valence-electron chi connectivity index (χ1n) is 12.7. The largest absolute Gasteiger partial charge is 0.389 e. The lowest BCUT2D eigenvalue weighted by Crippen LogP contribution is -2.60. The molecule has 0 atom stereocenters. The molecule has 36 heavy (non-hydrogen) atoms. The zero-order valence-corrected chi connectivity index (χ0v) is 20.6. The number of nitrogens with two attached hydrogens (primary N) is 1. The summed E-state index contributed by atoms with van der Waals surface area (Å²) in [5.41, 5.74) is 14.5. The second kappa shape index (κ2) is 7.45. The molecule has 0 spiro atoms. The van der Waals surface area contributed by atoms with Gasteiger partial charge < -0.3 is 10.8 Å². The molecule has 7 rings (SSSR count). The number of pyridine rings is 1. The van der Waals surface area contributed by atoms with Crippen molar-refractivity contribution in [1.29, 1.82) is 0 Å². The van der Waals surface area contributed by atoms with Crippen molar-refractivity contribution in [3.63, 3.8) is 0 Å². The topological polar surface area (TPSA) is 89.3 Å². The molecule has 2 aliphatic carbocycles. The smallest absolute Gasteiger partial charge is 0.165 e. The first-order valence-corrected chi connectivity index (χ1v) is 12.7. The second-order valence-corrected chi connectivity index (χ2v) is 10.8. The molecule has 3 heterocycles. The molecular formula is C30H29N5O. The molecule has 0 bridgehead atoms. The lowest BCUT2D eigenvalue weighted by Gasteiger charge is -2.52. The van der Waals surface area contributed by atoms with Crippen molar-refractivity contribution < 1.29 is 5.11 Å². The summed E-state index contributed by atoms with van der Waals surface area (Å²) < 4.78 is 1.86. The normalized spacial score (nSPS) is 23.8. The number of rotatable bonds is 4. The van der Waals surface area contributed by atoms with Crippen molar-refractivity contribution in [3.8, 4) is 22.4 Å². The van der Waals surface area contributed by atoms with Gasteiger partial charge in [-0.3, -0.25) is 0 Å². The molecule has 0 unspecified atom stereocenters. The molecule has 3 N–H and O–H groups in total. The molecule has 2 aliphatic rings. The summed E-state index contributed by atoms with van der Waals surface area (Å²) >= 11 is 0. The zero-order chi connectivity index (χ0) is 24.7. The minimum Gasteiger partial charge on any atom is -0.389 e. The average Bonchev–Trinajstić information content (AvgIpc) is 3.70. The molecule has 0 amide bonds. The van der Waals surface area contributed by atoms with Crippen molar-refractivity contribution in [1.82, 2.24) is 19.6 Å². The highest BCUT2D eigenvalue weighted by molar-refractivity contribution is 5.90. The van der Waals surface area contributed by atoms with Crippen LogP contribution in [0.25, 0.3) is 39.1 Å². The summed E-state index contributed by atoms with van der Waals surface area (Å²) in [4.78, 5) is 9.85. The van der Waals surface area contributed by atoms with E-state index in [9.17, 15) is 5.11 Å². The highest BCUT2D eigenvalue weighted by Gasteiger charge is 2.58. The lowest BCUT2D eigenvalue weighted by molar-refractivity contribution is -0.106. The Morgan fingerprint density at radius 1 is 0.944 bits per heavy atom. The van der Waals surface area contributed by atoms with E-state index in [1.54, 1.807) is 0 Å². The standard InChI is InChI=1S/C30H29N5O/c1-18-19(2)34-35-27(18)32-15-22-14-25(20-6-4-3-5-7-20)26(33-28(22)35)21-8-10-23(11-9-21)29(31)16-30(36,17-29)24-12-13-24/h3-11,14-15,24,36H,12-13,16-17,31H2,1-2H3/t29-,30-. The lowest BCUT2D eigenvalue weighted by atomic mass is 9.60. The van der Waals surface area contributed by atoms with Gasteiger partial charge in [0.2, 0.25) is 0 Å². The number of aryl methyl sites for hydroxylation is 2. The fourth-order valence-corrected chi connectivity index (χ4v) is 5.98. The molecule has 2 aromatic carbocycles. The number of fused-ring (bicyclic) bond motifs is 3. The summed E-state index contributed by atoms with van der Waals surface area (Å²) in [7, 11) is 0. The summed E-state index contributed by atoms with van der Waals surface area (Å²) in [5.74, 6) is 0.435. The van der Waals surface area contributed by atoms with Crippen LogP contribution in [0, 0.1) is 19.8 Å². The van der Waals surface area contributed by atoms with E-state index in [4.69, 9.17) is 15.8 Å². The van der Waals surface area contributed by atoms with Gasteiger partial charge >= 0.3 is 0 Å². The fraction of sp³-hybridized carbons (Fsp3) is 0.300. The third-order valence-electron chi connectivity index (χ3n) is 8.28. The molecule has 0 radical (unpaired) electrons. The zero-order valence-electron chi connectivity index (χ0n) is 20.6. The highest BCUT2D eigenvalue weighted by Crippen LogP contribution is 2.57. The molecule has 6 nitrogen and oxygen atoms in total. The molecule has 5 aromatic rings. The maximum Gasteiger partial charge on any atom is 0.165 e. The van der Waals surface area contributed by atoms with E-state index in [-0.39, 0.29) is 0 Å². The van der Waals surface area contributed by atoms with Gasteiger partial charge in [0.25, 0.3) is 0 Å². The van der Waals surface area contributed by atoms with Crippen molar-refractivity contribution in [2.24, 2.45) is 11.7 Å². The van der Waals surface area contributed by atoms with Crippen LogP contribution in [0.2, 0.25) is 0 Å². The van der Waals surface area contributed by atoms with Gasteiger partial charge in [-0.25, -0.2) is 9.97 Å². The van der Waals surface area contributed by atoms with Crippen LogP contribution in [0.1, 0.15) is 42.5 Å². The fourth-order valence-electron chi connectivity index (χ4n) is 5.98. The molecule has 3 aromatic heterocycles. The minimum absolute atomic E-state index is 0.435. The molecule has 6 heteroatoms. The predicted molar refractivity (Wildman–Crippen MR) is 141 cm³/mol. The van der Waals surface area contributed by atoms with Crippen LogP contribution < -0.4 is 5.73 Å². The second-order valence-electron chi connectivity index (χ2n) is 10.8. The van der Waals surface area contributed by atoms with Gasteiger partial charge in [-0.2, -0.15) is 9.61 Å². The van der Waals surface area contributed by atoms with Crippen molar-refractivity contribution >= 4 is 16.7 Å². The van der Waals surface area contributed by atoms with Gasteiger partial charge in [-0.1, -0.05) is 54.6 Å². The molecule has 0 saturated heterocycles. The summed E-state index contributed by atoms with van der Waals surface area (Å²) in [6.07, 6.45) is 5.41. The van der Waals surface area contributed by atoms with Gasteiger partial charge in [-0.05, 0) is 62.6 Å². The SMILES string of the molecule is Cc1nn2c(ncc3cc(-c4ccccc4)c(-c4ccc([C@]5(N)C[C@@](O)(C6CC6)C5)cc4)nc32)c1C. The number of nitrogens with zero attached hydrogens (tertiary/aromatic N) is 4. The Balaban J connectivity index is 1.36. The Kier molecular flexibility index (Phi) is 4.48. The Bertz CT molecular complexity index is 1630. The third-order valence-corrected chi connectivity index (χ3v) is 8.28. The first kappa shape index (κ1) is 21.7.